The molecule has 0 aliphatic carbocycles. The summed E-state index contributed by atoms with van der Waals surface area (Å²) in [5.41, 5.74) is 8.06. The predicted octanol–water partition coefficient (Wildman–Crippen LogP) is 2.88. The quantitative estimate of drug-likeness (QED) is 0.732. The van der Waals surface area contributed by atoms with E-state index in [1.807, 2.05) is 54.6 Å². The van der Waals surface area contributed by atoms with E-state index in [1.165, 1.54) is 0 Å². The lowest BCUT2D eigenvalue weighted by Gasteiger charge is -2.12. The van der Waals surface area contributed by atoms with Crippen LogP contribution >= 0.6 is 0 Å². The number of carbonyl (C=O) groups is 1. The van der Waals surface area contributed by atoms with Crippen molar-refractivity contribution >= 4 is 27.8 Å². The van der Waals surface area contributed by atoms with E-state index in [0.29, 0.717) is 5.56 Å². The summed E-state index contributed by atoms with van der Waals surface area (Å²) < 4.78 is 23.2. The van der Waals surface area contributed by atoms with Crippen LogP contribution in [0.25, 0.3) is 10.9 Å². The highest BCUT2D eigenvalue weighted by molar-refractivity contribution is 7.79. The van der Waals surface area contributed by atoms with Crippen molar-refractivity contribution in [3.63, 3.8) is 0 Å². The minimum atomic E-state index is -1.75. The molecular formula is C20H16N2O4S. The van der Waals surface area contributed by atoms with Crippen molar-refractivity contribution in [1.29, 1.82) is 0 Å². The van der Waals surface area contributed by atoms with Gasteiger partial charge in [0, 0.05) is 17.1 Å². The molecule has 3 aromatic rings. The van der Waals surface area contributed by atoms with Gasteiger partial charge in [-0.25, -0.2) is 4.21 Å². The summed E-state index contributed by atoms with van der Waals surface area (Å²) in [5, 5.41) is 0.790. The predicted molar refractivity (Wildman–Crippen MR) is 101 cm³/mol. The number of rotatable bonds is 5. The molecule has 1 aliphatic rings. The average molecular weight is 380 g/mol. The van der Waals surface area contributed by atoms with Crippen LogP contribution in [-0.2, 0) is 30.5 Å². The zero-order chi connectivity index (χ0) is 18.8. The molecule has 2 N–H and O–H groups in total. The molecule has 2 aromatic carbocycles. The summed E-state index contributed by atoms with van der Waals surface area (Å²) in [6.07, 6.45) is 0.665. The van der Waals surface area contributed by atoms with Gasteiger partial charge < -0.3 is 14.7 Å². The van der Waals surface area contributed by atoms with Gasteiger partial charge in [-0.3, -0.25) is 9.78 Å². The van der Waals surface area contributed by atoms with E-state index in [-0.39, 0.29) is 17.4 Å². The maximum atomic E-state index is 12.8. The Morgan fingerprint density at radius 3 is 2.63 bits per heavy atom. The fraction of sp³-hybridized carbons (Fsp3) is 0.100. The topological polar surface area (TPSA) is 91.5 Å². The minimum absolute atomic E-state index is 0.147. The van der Waals surface area contributed by atoms with Gasteiger partial charge in [0.1, 0.15) is 0 Å². The molecule has 2 unspecified atom stereocenters. The van der Waals surface area contributed by atoms with Crippen LogP contribution in [-0.4, -0.2) is 15.0 Å². The van der Waals surface area contributed by atoms with Gasteiger partial charge in [-0.05, 0) is 17.7 Å². The maximum Gasteiger partial charge on any atom is 0.249 e. The van der Waals surface area contributed by atoms with Gasteiger partial charge in [-0.1, -0.05) is 48.5 Å². The van der Waals surface area contributed by atoms with Crippen LogP contribution in [0.1, 0.15) is 17.2 Å². The van der Waals surface area contributed by atoms with E-state index in [9.17, 15) is 9.00 Å². The largest absolute Gasteiger partial charge is 0.460 e. The Hall–Kier alpha value is -3.19. The van der Waals surface area contributed by atoms with Gasteiger partial charge >= 0.3 is 0 Å². The highest BCUT2D eigenvalue weighted by Gasteiger charge is 2.39. The molecule has 27 heavy (non-hydrogen) atoms. The second kappa shape index (κ2) is 7.20. The highest BCUT2D eigenvalue weighted by Crippen LogP contribution is 2.35. The molecule has 2 heterocycles. The summed E-state index contributed by atoms with van der Waals surface area (Å²) in [4.78, 5) is 17.1. The summed E-state index contributed by atoms with van der Waals surface area (Å²) in [6.45, 7) is 0. The first kappa shape index (κ1) is 17.2. The van der Waals surface area contributed by atoms with E-state index in [1.54, 1.807) is 12.3 Å². The lowest BCUT2D eigenvalue weighted by molar-refractivity contribution is -0.122. The van der Waals surface area contributed by atoms with Gasteiger partial charge in [0.2, 0.25) is 28.5 Å². The Morgan fingerprint density at radius 1 is 1.07 bits per heavy atom. The van der Waals surface area contributed by atoms with Gasteiger partial charge in [0.25, 0.3) is 0 Å². The van der Waals surface area contributed by atoms with E-state index in [4.69, 9.17) is 14.7 Å². The average Bonchev–Trinajstić information content (AvgIpc) is 2.96. The first-order valence-corrected chi connectivity index (χ1v) is 9.53. The zero-order valence-electron chi connectivity index (χ0n) is 14.2. The number of nitrogens with zero attached hydrogens (tertiary/aromatic N) is 1. The Balaban J connectivity index is 1.55. The molecule has 2 atom stereocenters. The normalized spacial score (nSPS) is 17.8. The van der Waals surface area contributed by atoms with E-state index < -0.39 is 23.0 Å². The van der Waals surface area contributed by atoms with Crippen LogP contribution in [0.15, 0.2) is 78.5 Å². The number of nitrogens with two attached hydrogens (primary N) is 1. The van der Waals surface area contributed by atoms with Crippen LogP contribution in [0, 0.1) is 0 Å². The SMILES string of the molecule is NC1=C(OS(=O)Cc2ccccc2)C(=O)C(c2ccnc3ccccc23)O1. The van der Waals surface area contributed by atoms with Crippen LogP contribution < -0.4 is 5.73 Å². The van der Waals surface area contributed by atoms with Crippen molar-refractivity contribution in [2.24, 2.45) is 5.73 Å². The summed E-state index contributed by atoms with van der Waals surface area (Å²) in [5.74, 6) is -0.666. The first-order chi connectivity index (χ1) is 13.1. The number of pyridine rings is 1. The Kier molecular flexibility index (Phi) is 4.60. The number of aromatic nitrogens is 1. The van der Waals surface area contributed by atoms with Crippen molar-refractivity contribution in [1.82, 2.24) is 4.98 Å². The maximum absolute atomic E-state index is 12.8. The lowest BCUT2D eigenvalue weighted by atomic mass is 10.0. The van der Waals surface area contributed by atoms with Gasteiger partial charge in [0.15, 0.2) is 6.10 Å². The number of para-hydroxylation sites is 1. The smallest absolute Gasteiger partial charge is 0.249 e. The molecule has 0 bridgehead atoms. The molecule has 1 aromatic heterocycles. The Bertz CT molecular complexity index is 1060. The lowest BCUT2D eigenvalue weighted by Crippen LogP contribution is -2.13. The number of fused-ring (bicyclic) bond motifs is 1. The number of ether oxygens (including phenoxy) is 1. The fourth-order valence-electron chi connectivity index (χ4n) is 2.94. The summed E-state index contributed by atoms with van der Waals surface area (Å²) in [7, 11) is 0. The number of hydrogen-bond acceptors (Lipinski definition) is 6. The van der Waals surface area contributed by atoms with Crippen molar-refractivity contribution < 1.29 is 17.9 Å². The number of Topliss-reactive ketones (excluding diaryl/α,β-unsaturated/α-hetero) is 1. The minimum Gasteiger partial charge on any atom is -0.460 e. The van der Waals surface area contributed by atoms with Crippen molar-refractivity contribution in [2.75, 3.05) is 0 Å². The third-order valence-corrected chi connectivity index (χ3v) is 5.12. The molecule has 0 saturated heterocycles. The second-order valence-corrected chi connectivity index (χ2v) is 7.05. The van der Waals surface area contributed by atoms with Gasteiger partial charge in [-0.15, -0.1) is 0 Å². The van der Waals surface area contributed by atoms with E-state index >= 15 is 0 Å². The zero-order valence-corrected chi connectivity index (χ0v) is 15.0. The molecule has 4 rings (SSSR count). The molecule has 0 spiro atoms. The van der Waals surface area contributed by atoms with E-state index in [2.05, 4.69) is 4.98 Å². The van der Waals surface area contributed by atoms with Crippen molar-refractivity contribution in [2.45, 2.75) is 11.9 Å². The number of ketones is 1. The van der Waals surface area contributed by atoms with Crippen LogP contribution in [0.4, 0.5) is 0 Å². The summed E-state index contributed by atoms with van der Waals surface area (Å²) >= 11 is -1.75. The molecule has 0 fully saturated rings. The van der Waals surface area contributed by atoms with Crippen LogP contribution in [0.3, 0.4) is 0 Å². The molecule has 1 aliphatic heterocycles. The molecule has 0 amide bonds. The third kappa shape index (κ3) is 3.41. The highest BCUT2D eigenvalue weighted by atomic mass is 32.2. The molecule has 0 saturated carbocycles. The van der Waals surface area contributed by atoms with Gasteiger partial charge in [0.05, 0.1) is 11.3 Å². The number of benzene rings is 2. The van der Waals surface area contributed by atoms with Gasteiger partial charge in [-0.2, -0.15) is 0 Å². The van der Waals surface area contributed by atoms with E-state index in [0.717, 1.165) is 16.5 Å². The number of hydrogen-bond donors (Lipinski definition) is 1. The second-order valence-electron chi connectivity index (χ2n) is 5.99. The summed E-state index contributed by atoms with van der Waals surface area (Å²) in [6, 6.07) is 18.4. The van der Waals surface area contributed by atoms with Crippen LogP contribution in [0.2, 0.25) is 0 Å². The molecular weight excluding hydrogens is 364 g/mol. The van der Waals surface area contributed by atoms with Crippen molar-refractivity contribution in [3.8, 4) is 0 Å². The van der Waals surface area contributed by atoms with Crippen molar-refractivity contribution in [3.05, 3.63) is 89.6 Å². The molecule has 7 heteroatoms. The monoisotopic (exact) mass is 380 g/mol. The van der Waals surface area contributed by atoms with Crippen LogP contribution in [0.5, 0.6) is 0 Å². The number of carbonyl (C=O) groups excluding carboxylic acids is 1. The molecule has 0 radical (unpaired) electrons. The fourth-order valence-corrected chi connectivity index (χ4v) is 3.81. The Labute approximate surface area is 158 Å². The molecule has 6 nitrogen and oxygen atoms in total. The standard InChI is InChI=1S/C20H16N2O4S/c21-20-19(26-27(24)12-13-6-2-1-3-7-13)17(23)18(25-20)15-10-11-22-16-9-5-4-8-14(15)16/h1-11,18H,12,21H2. The first-order valence-electron chi connectivity index (χ1n) is 8.28. The third-order valence-electron chi connectivity index (χ3n) is 4.20. The Morgan fingerprint density at radius 2 is 1.81 bits per heavy atom. The molecule has 136 valence electrons.